The van der Waals surface area contributed by atoms with Gasteiger partial charge in [-0.2, -0.15) is 0 Å². The number of aromatic nitrogens is 1. The number of fused-ring (bicyclic) bond motifs is 2. The summed E-state index contributed by atoms with van der Waals surface area (Å²) in [6.45, 7) is 4.03. The second kappa shape index (κ2) is 15.4. The molecule has 0 radical (unpaired) electrons. The molecule has 6 rings (SSSR count). The molecule has 248 valence electrons. The first kappa shape index (κ1) is 33.7. The fraction of sp³-hybridized carbons (Fsp3) is 0.432. The van der Waals surface area contributed by atoms with E-state index in [0.29, 0.717) is 37.8 Å². The van der Waals surface area contributed by atoms with Gasteiger partial charge >= 0.3 is 12.2 Å². The maximum absolute atomic E-state index is 12.8. The molecule has 1 aromatic heterocycles. The van der Waals surface area contributed by atoms with Crippen molar-refractivity contribution < 1.29 is 19.1 Å². The van der Waals surface area contributed by atoms with Gasteiger partial charge in [-0.15, -0.1) is 0 Å². The number of hydrogen-bond donors (Lipinski definition) is 0. The molecule has 7 nitrogen and oxygen atoms in total. The van der Waals surface area contributed by atoms with Crippen LogP contribution in [0.4, 0.5) is 9.59 Å². The molecule has 1 saturated carbocycles. The fourth-order valence-corrected chi connectivity index (χ4v) is 8.71. The quantitative estimate of drug-likeness (QED) is 0.156. The highest BCUT2D eigenvalue weighted by molar-refractivity contribution is 8.76. The highest BCUT2D eigenvalue weighted by atomic mass is 35.5. The monoisotopic (exact) mass is 691 g/mol. The molecule has 2 amide bonds. The normalized spacial score (nSPS) is 17.2. The summed E-state index contributed by atoms with van der Waals surface area (Å²) < 4.78 is 11.2. The van der Waals surface area contributed by atoms with E-state index in [2.05, 4.69) is 49.4 Å². The van der Waals surface area contributed by atoms with Crippen molar-refractivity contribution in [1.29, 1.82) is 0 Å². The first-order valence-electron chi connectivity index (χ1n) is 16.4. The SMILES string of the molecule is C[C@H](N(C)C(=O)OCCSSCCOC(=O)N1CCC(=C2c3ccc(Cl)cc3CCc3cccnc32)CC1)C1(c2ccccc2)CC1. The molecule has 2 fully saturated rings. The van der Waals surface area contributed by atoms with Gasteiger partial charge in [0.1, 0.15) is 13.2 Å². The van der Waals surface area contributed by atoms with Crippen LogP contribution in [0.15, 0.2) is 72.4 Å². The van der Waals surface area contributed by atoms with Crippen molar-refractivity contribution in [2.75, 3.05) is 44.9 Å². The van der Waals surface area contributed by atoms with Crippen LogP contribution >= 0.6 is 33.2 Å². The maximum atomic E-state index is 12.8. The Morgan fingerprint density at radius 1 is 0.936 bits per heavy atom. The van der Waals surface area contributed by atoms with Crippen molar-refractivity contribution in [3.05, 3.63) is 105 Å². The molecular formula is C37H42ClN3O4S2. The van der Waals surface area contributed by atoms with Crippen LogP contribution in [0.1, 0.15) is 60.6 Å². The van der Waals surface area contributed by atoms with Crippen molar-refractivity contribution in [1.82, 2.24) is 14.8 Å². The van der Waals surface area contributed by atoms with E-state index in [-0.39, 0.29) is 23.6 Å². The van der Waals surface area contributed by atoms with E-state index >= 15 is 0 Å². The number of pyridine rings is 1. The zero-order valence-corrected chi connectivity index (χ0v) is 29.5. The number of piperidine rings is 1. The Labute approximate surface area is 290 Å². The van der Waals surface area contributed by atoms with Crippen LogP contribution in [0.2, 0.25) is 5.02 Å². The summed E-state index contributed by atoms with van der Waals surface area (Å²) in [5, 5.41) is 0.753. The molecule has 1 saturated heterocycles. The molecule has 2 heterocycles. The van der Waals surface area contributed by atoms with Gasteiger partial charge in [0.15, 0.2) is 0 Å². The molecule has 1 atom stereocenters. The van der Waals surface area contributed by atoms with E-state index in [4.69, 9.17) is 26.1 Å². The Morgan fingerprint density at radius 2 is 1.64 bits per heavy atom. The van der Waals surface area contributed by atoms with Crippen LogP contribution in [0.25, 0.3) is 5.57 Å². The predicted molar refractivity (Wildman–Crippen MR) is 192 cm³/mol. The Hall–Kier alpha value is -3.14. The number of rotatable bonds is 10. The van der Waals surface area contributed by atoms with Gasteiger partial charge in [0.25, 0.3) is 0 Å². The van der Waals surface area contributed by atoms with Crippen molar-refractivity contribution in [2.24, 2.45) is 0 Å². The van der Waals surface area contributed by atoms with Crippen molar-refractivity contribution >= 4 is 50.9 Å². The number of aryl methyl sites for hydroxylation is 2. The molecule has 0 N–H and O–H groups in total. The van der Waals surface area contributed by atoms with E-state index in [1.807, 2.05) is 31.4 Å². The second-order valence-corrected chi connectivity index (χ2v) is 15.6. The first-order valence-corrected chi connectivity index (χ1v) is 19.3. The van der Waals surface area contributed by atoms with Crippen molar-refractivity contribution in [3.8, 4) is 0 Å². The average molecular weight is 692 g/mol. The highest BCUT2D eigenvalue weighted by Crippen LogP contribution is 2.52. The number of ether oxygens (including phenoxy) is 2. The Morgan fingerprint density at radius 3 is 2.36 bits per heavy atom. The number of nitrogens with zero attached hydrogens (tertiary/aromatic N) is 3. The van der Waals surface area contributed by atoms with Gasteiger partial charge in [-0.05, 0) is 85.9 Å². The third-order valence-electron chi connectivity index (χ3n) is 9.78. The minimum Gasteiger partial charge on any atom is -0.449 e. The van der Waals surface area contributed by atoms with Crippen LogP contribution in [-0.4, -0.2) is 77.9 Å². The summed E-state index contributed by atoms with van der Waals surface area (Å²) in [6.07, 6.45) is 6.92. The summed E-state index contributed by atoms with van der Waals surface area (Å²) in [6, 6.07) is 20.9. The summed E-state index contributed by atoms with van der Waals surface area (Å²) in [5.41, 5.74) is 8.63. The lowest BCUT2D eigenvalue weighted by Crippen LogP contribution is -2.43. The number of carbonyl (C=O) groups is 2. The van der Waals surface area contributed by atoms with Crippen molar-refractivity contribution in [2.45, 2.75) is 56.9 Å². The lowest BCUT2D eigenvalue weighted by molar-refractivity contribution is 0.0977. The Balaban J connectivity index is 0.902. The molecule has 47 heavy (non-hydrogen) atoms. The molecule has 0 unspecified atom stereocenters. The lowest BCUT2D eigenvalue weighted by Gasteiger charge is -2.32. The fourth-order valence-electron chi connectivity index (χ4n) is 6.86. The van der Waals surface area contributed by atoms with E-state index in [0.717, 1.165) is 49.2 Å². The average Bonchev–Trinajstić information content (AvgIpc) is 3.93. The molecule has 0 bridgehead atoms. The standard InChI is InChI=1S/C37H42ClN3O4S2/c1-26(37(16-17-37)30-8-4-3-5-9-30)40(2)35(42)44-21-23-46-47-24-22-45-36(43)41-19-14-27(15-20-41)33-32-13-12-31(38)25-29(32)11-10-28-7-6-18-39-34(28)33/h3-9,12-13,18,25-26H,10-11,14-17,19-24H2,1-2H3/t26-/m0/s1. The Bertz CT molecular complexity index is 1600. The molecule has 3 aromatic rings. The van der Waals surface area contributed by atoms with Crippen LogP contribution in [0.5, 0.6) is 0 Å². The van der Waals surface area contributed by atoms with Gasteiger partial charge in [-0.1, -0.05) is 81.2 Å². The van der Waals surface area contributed by atoms with Crippen LogP contribution in [-0.2, 0) is 27.7 Å². The molecule has 2 aromatic carbocycles. The smallest absolute Gasteiger partial charge is 0.409 e. The van der Waals surface area contributed by atoms with E-state index in [1.165, 1.54) is 33.4 Å². The van der Waals surface area contributed by atoms with E-state index < -0.39 is 0 Å². The first-order chi connectivity index (χ1) is 22.9. The van der Waals surface area contributed by atoms with Crippen LogP contribution in [0.3, 0.4) is 0 Å². The van der Waals surface area contributed by atoms with Gasteiger partial charge in [0.2, 0.25) is 0 Å². The Kier molecular flexibility index (Phi) is 11.0. The third kappa shape index (κ3) is 7.79. The number of benzene rings is 2. The van der Waals surface area contributed by atoms with Crippen LogP contribution in [0, 0.1) is 0 Å². The van der Waals surface area contributed by atoms with Gasteiger partial charge < -0.3 is 19.3 Å². The number of amides is 2. The maximum Gasteiger partial charge on any atom is 0.409 e. The molecule has 0 spiro atoms. The van der Waals surface area contributed by atoms with Gasteiger partial charge in [0, 0.05) is 59.9 Å². The lowest BCUT2D eigenvalue weighted by atomic mass is 9.88. The van der Waals surface area contributed by atoms with Crippen LogP contribution < -0.4 is 0 Å². The molecule has 1 aliphatic heterocycles. The number of hydrogen-bond acceptors (Lipinski definition) is 7. The highest BCUT2D eigenvalue weighted by Gasteiger charge is 2.51. The second-order valence-electron chi connectivity index (χ2n) is 12.5. The summed E-state index contributed by atoms with van der Waals surface area (Å²) in [7, 11) is 5.07. The van der Waals surface area contributed by atoms with Gasteiger partial charge in [-0.3, -0.25) is 4.98 Å². The summed E-state index contributed by atoms with van der Waals surface area (Å²) in [4.78, 5) is 33.9. The summed E-state index contributed by atoms with van der Waals surface area (Å²) in [5.74, 6) is 1.35. The predicted octanol–water partition coefficient (Wildman–Crippen LogP) is 8.44. The largest absolute Gasteiger partial charge is 0.449 e. The van der Waals surface area contributed by atoms with E-state index in [1.54, 1.807) is 31.4 Å². The zero-order chi connectivity index (χ0) is 32.8. The molecule has 2 aliphatic carbocycles. The van der Waals surface area contributed by atoms with Gasteiger partial charge in [-0.25, -0.2) is 9.59 Å². The van der Waals surface area contributed by atoms with Gasteiger partial charge in [0.05, 0.1) is 5.69 Å². The number of halogens is 1. The van der Waals surface area contributed by atoms with E-state index in [9.17, 15) is 9.59 Å². The molecular weight excluding hydrogens is 650 g/mol. The number of carbonyl (C=O) groups excluding carboxylic acids is 2. The summed E-state index contributed by atoms with van der Waals surface area (Å²) >= 11 is 6.36. The molecule has 10 heteroatoms. The number of likely N-dealkylation sites (N-methyl/N-ethyl adjacent to an activating group) is 1. The third-order valence-corrected chi connectivity index (χ3v) is 12.3. The number of likely N-dealkylation sites (tertiary alicyclic amines) is 1. The van der Waals surface area contributed by atoms with Crippen molar-refractivity contribution in [3.63, 3.8) is 0 Å². The zero-order valence-electron chi connectivity index (χ0n) is 27.1. The molecule has 3 aliphatic rings. The minimum atomic E-state index is -0.285. The minimum absolute atomic E-state index is 0.0325. The topological polar surface area (TPSA) is 72.0 Å².